The van der Waals surface area contributed by atoms with Gasteiger partial charge in [0.05, 0.1) is 18.0 Å². The molecule has 1 aromatic heterocycles. The number of esters is 1. The molecule has 0 fully saturated rings. The van der Waals surface area contributed by atoms with Crippen molar-refractivity contribution in [3.8, 4) is 0 Å². The minimum atomic E-state index is -0.781. The number of carbonyl (C=O) groups is 1. The molecule has 0 aliphatic rings. The molecule has 0 spiro atoms. The van der Waals surface area contributed by atoms with Gasteiger partial charge in [0.2, 0.25) is 0 Å². The Morgan fingerprint density at radius 2 is 2.18 bits per heavy atom. The lowest BCUT2D eigenvalue weighted by Gasteiger charge is -2.19. The van der Waals surface area contributed by atoms with Gasteiger partial charge in [-0.1, -0.05) is 0 Å². The van der Waals surface area contributed by atoms with Crippen LogP contribution in [0, 0.1) is 0 Å². The summed E-state index contributed by atoms with van der Waals surface area (Å²) >= 11 is 0. The van der Waals surface area contributed by atoms with Gasteiger partial charge in [-0.3, -0.25) is 14.8 Å². The van der Waals surface area contributed by atoms with Crippen molar-refractivity contribution in [2.75, 3.05) is 0 Å². The van der Waals surface area contributed by atoms with E-state index in [9.17, 15) is 9.90 Å². The molecule has 1 rings (SSSR count). The molecule has 94 valence electrons. The van der Waals surface area contributed by atoms with Crippen LogP contribution in [0.2, 0.25) is 0 Å². The average Bonchev–Trinajstić information content (AvgIpc) is 2.25. The van der Waals surface area contributed by atoms with Gasteiger partial charge in [-0.05, 0) is 27.2 Å². The van der Waals surface area contributed by atoms with E-state index in [1.54, 1.807) is 0 Å². The summed E-state index contributed by atoms with van der Waals surface area (Å²) < 4.78 is 5.14. The highest BCUT2D eigenvalue weighted by molar-refractivity contribution is 5.69. The standard InChI is InChI=1S/C12H18N2O3/c1-12(2,3)17-11(16)5-4-10(15)9-8-13-6-7-14-9/h6-8,10,15H,4-5H2,1-3H3/t10-/m1/s1. The quantitative estimate of drug-likeness (QED) is 0.807. The molecule has 5 nitrogen and oxygen atoms in total. The lowest BCUT2D eigenvalue weighted by atomic mass is 10.1. The number of nitrogens with zero attached hydrogens (tertiary/aromatic N) is 2. The summed E-state index contributed by atoms with van der Waals surface area (Å²) in [4.78, 5) is 19.2. The van der Waals surface area contributed by atoms with Gasteiger partial charge in [-0.15, -0.1) is 0 Å². The molecule has 0 radical (unpaired) electrons. The number of carbonyl (C=O) groups excluding carboxylic acids is 1. The SMILES string of the molecule is CC(C)(C)OC(=O)CC[C@@H](O)c1cnccn1. The Morgan fingerprint density at radius 1 is 1.47 bits per heavy atom. The molecule has 5 heteroatoms. The van der Waals surface area contributed by atoms with Gasteiger partial charge in [0.1, 0.15) is 5.60 Å². The zero-order valence-electron chi connectivity index (χ0n) is 10.4. The number of hydrogen-bond donors (Lipinski definition) is 1. The van der Waals surface area contributed by atoms with E-state index >= 15 is 0 Å². The van der Waals surface area contributed by atoms with Crippen LogP contribution in [0.4, 0.5) is 0 Å². The molecular formula is C12H18N2O3. The highest BCUT2D eigenvalue weighted by Gasteiger charge is 2.18. The molecule has 1 atom stereocenters. The topological polar surface area (TPSA) is 72.3 Å². The van der Waals surface area contributed by atoms with Gasteiger partial charge in [0.25, 0.3) is 0 Å². The predicted octanol–water partition coefficient (Wildman–Crippen LogP) is 1.63. The second-order valence-electron chi connectivity index (χ2n) is 4.77. The second kappa shape index (κ2) is 5.72. The number of aromatic nitrogens is 2. The van der Waals surface area contributed by atoms with E-state index in [1.165, 1.54) is 18.6 Å². The molecule has 0 amide bonds. The summed E-state index contributed by atoms with van der Waals surface area (Å²) in [5.41, 5.74) is -0.0229. The fourth-order valence-corrected chi connectivity index (χ4v) is 1.28. The molecule has 0 bridgehead atoms. The summed E-state index contributed by atoms with van der Waals surface area (Å²) in [5.74, 6) is -0.319. The summed E-state index contributed by atoms with van der Waals surface area (Å²) in [6, 6.07) is 0. The van der Waals surface area contributed by atoms with Crippen molar-refractivity contribution >= 4 is 5.97 Å². The molecule has 0 aliphatic carbocycles. The number of hydrogen-bond acceptors (Lipinski definition) is 5. The average molecular weight is 238 g/mol. The molecule has 0 saturated heterocycles. The third-order valence-corrected chi connectivity index (χ3v) is 1.97. The van der Waals surface area contributed by atoms with E-state index < -0.39 is 11.7 Å². The van der Waals surface area contributed by atoms with E-state index in [2.05, 4.69) is 9.97 Å². The maximum Gasteiger partial charge on any atom is 0.306 e. The maximum absolute atomic E-state index is 11.4. The summed E-state index contributed by atoms with van der Waals surface area (Å²) in [7, 11) is 0. The van der Waals surface area contributed by atoms with Crippen molar-refractivity contribution in [3.05, 3.63) is 24.3 Å². The first-order valence-electron chi connectivity index (χ1n) is 5.54. The van der Waals surface area contributed by atoms with Crippen molar-refractivity contribution in [1.82, 2.24) is 9.97 Å². The minimum absolute atomic E-state index is 0.162. The Bertz CT molecular complexity index is 360. The number of aliphatic hydroxyl groups is 1. The molecule has 17 heavy (non-hydrogen) atoms. The molecular weight excluding hydrogens is 220 g/mol. The third-order valence-electron chi connectivity index (χ3n) is 1.97. The van der Waals surface area contributed by atoms with E-state index in [0.29, 0.717) is 5.69 Å². The maximum atomic E-state index is 11.4. The van der Waals surface area contributed by atoms with Gasteiger partial charge in [0, 0.05) is 18.8 Å². The van der Waals surface area contributed by atoms with Crippen molar-refractivity contribution in [2.45, 2.75) is 45.3 Å². The smallest absolute Gasteiger partial charge is 0.306 e. The Balaban J connectivity index is 2.39. The van der Waals surface area contributed by atoms with Crippen LogP contribution in [0.25, 0.3) is 0 Å². The normalized spacial score (nSPS) is 13.2. The van der Waals surface area contributed by atoms with Crippen LogP contribution < -0.4 is 0 Å². The summed E-state index contributed by atoms with van der Waals surface area (Å²) in [6.07, 6.45) is 4.19. The summed E-state index contributed by atoms with van der Waals surface area (Å²) in [6.45, 7) is 5.43. The number of ether oxygens (including phenoxy) is 1. The Morgan fingerprint density at radius 3 is 2.71 bits per heavy atom. The fourth-order valence-electron chi connectivity index (χ4n) is 1.28. The number of rotatable bonds is 4. The van der Waals surface area contributed by atoms with Gasteiger partial charge in [-0.2, -0.15) is 0 Å². The van der Waals surface area contributed by atoms with Crippen molar-refractivity contribution in [2.24, 2.45) is 0 Å². The zero-order valence-corrected chi connectivity index (χ0v) is 10.4. The van der Waals surface area contributed by atoms with Crippen LogP contribution in [-0.2, 0) is 9.53 Å². The van der Waals surface area contributed by atoms with Crippen LogP contribution >= 0.6 is 0 Å². The largest absolute Gasteiger partial charge is 0.460 e. The van der Waals surface area contributed by atoms with Crippen LogP contribution in [0.15, 0.2) is 18.6 Å². The molecule has 1 N–H and O–H groups in total. The molecule has 0 unspecified atom stereocenters. The van der Waals surface area contributed by atoms with Crippen LogP contribution in [-0.4, -0.2) is 26.6 Å². The first-order chi connectivity index (χ1) is 7.88. The van der Waals surface area contributed by atoms with E-state index in [-0.39, 0.29) is 18.8 Å². The molecule has 1 heterocycles. The van der Waals surface area contributed by atoms with Crippen molar-refractivity contribution in [3.63, 3.8) is 0 Å². The minimum Gasteiger partial charge on any atom is -0.460 e. The highest BCUT2D eigenvalue weighted by atomic mass is 16.6. The van der Waals surface area contributed by atoms with E-state index in [1.807, 2.05) is 20.8 Å². The van der Waals surface area contributed by atoms with Crippen molar-refractivity contribution < 1.29 is 14.6 Å². The van der Waals surface area contributed by atoms with Crippen LogP contribution in [0.1, 0.15) is 45.4 Å². The Kier molecular flexibility index (Phi) is 4.57. The van der Waals surface area contributed by atoms with Crippen molar-refractivity contribution in [1.29, 1.82) is 0 Å². The van der Waals surface area contributed by atoms with Gasteiger partial charge in [0.15, 0.2) is 0 Å². The van der Waals surface area contributed by atoms with Gasteiger partial charge < -0.3 is 9.84 Å². The van der Waals surface area contributed by atoms with E-state index in [4.69, 9.17) is 4.74 Å². The zero-order chi connectivity index (χ0) is 12.9. The summed E-state index contributed by atoms with van der Waals surface area (Å²) in [5, 5.41) is 9.76. The van der Waals surface area contributed by atoms with Gasteiger partial charge in [-0.25, -0.2) is 0 Å². The van der Waals surface area contributed by atoms with Crippen LogP contribution in [0.3, 0.4) is 0 Å². The van der Waals surface area contributed by atoms with Gasteiger partial charge >= 0.3 is 5.97 Å². The number of aliphatic hydroxyl groups excluding tert-OH is 1. The van der Waals surface area contributed by atoms with Crippen LogP contribution in [0.5, 0.6) is 0 Å². The Labute approximate surface area is 101 Å². The molecule has 0 aromatic carbocycles. The molecule has 0 saturated carbocycles. The lowest BCUT2D eigenvalue weighted by Crippen LogP contribution is -2.24. The first-order valence-corrected chi connectivity index (χ1v) is 5.54. The lowest BCUT2D eigenvalue weighted by molar-refractivity contribution is -0.155. The predicted molar refractivity (Wildman–Crippen MR) is 62.1 cm³/mol. The molecule has 1 aromatic rings. The van der Waals surface area contributed by atoms with E-state index in [0.717, 1.165) is 0 Å². The third kappa shape index (κ3) is 5.40. The highest BCUT2D eigenvalue weighted by Crippen LogP contribution is 2.16. The first kappa shape index (κ1) is 13.6. The Hall–Kier alpha value is -1.49. The monoisotopic (exact) mass is 238 g/mol. The molecule has 0 aliphatic heterocycles. The fraction of sp³-hybridized carbons (Fsp3) is 0.583. The second-order valence-corrected chi connectivity index (χ2v) is 4.77.